The van der Waals surface area contributed by atoms with E-state index < -0.39 is 0 Å². The van der Waals surface area contributed by atoms with Gasteiger partial charge in [-0.25, -0.2) is 0 Å². The number of nitrogens with two attached hydrogens (primary N) is 1. The van der Waals surface area contributed by atoms with Crippen molar-refractivity contribution in [2.24, 2.45) is 5.73 Å². The summed E-state index contributed by atoms with van der Waals surface area (Å²) in [5, 5.41) is 1.17. The quantitative estimate of drug-likeness (QED) is 0.727. The predicted molar refractivity (Wildman–Crippen MR) is 95.1 cm³/mol. The van der Waals surface area contributed by atoms with Crippen molar-refractivity contribution in [3.8, 4) is 11.3 Å². The lowest BCUT2D eigenvalue weighted by Crippen LogP contribution is -2.20. The number of para-hydroxylation sites is 1. The number of hydrogen-bond donors (Lipinski definition) is 1. The molecular formula is C20H22N2O. The van der Waals surface area contributed by atoms with Gasteiger partial charge >= 0.3 is 0 Å². The zero-order valence-electron chi connectivity index (χ0n) is 13.4. The van der Waals surface area contributed by atoms with Crippen LogP contribution < -0.4 is 5.73 Å². The molecule has 1 heterocycles. The molecule has 0 saturated carbocycles. The van der Waals surface area contributed by atoms with Crippen molar-refractivity contribution in [3.05, 3.63) is 60.7 Å². The Morgan fingerprint density at radius 1 is 1.09 bits per heavy atom. The third-order valence-electron chi connectivity index (χ3n) is 4.26. The summed E-state index contributed by atoms with van der Waals surface area (Å²) in [7, 11) is 0. The minimum atomic E-state index is -0.208. The van der Waals surface area contributed by atoms with Crippen LogP contribution in [0.5, 0.6) is 0 Å². The molecular weight excluding hydrogens is 284 g/mol. The maximum Gasteiger partial charge on any atom is 0.132 e. The largest absolute Gasteiger partial charge is 0.324 e. The van der Waals surface area contributed by atoms with Crippen molar-refractivity contribution in [1.29, 1.82) is 0 Å². The molecule has 0 fully saturated rings. The van der Waals surface area contributed by atoms with Crippen LogP contribution in [0.2, 0.25) is 0 Å². The maximum absolute atomic E-state index is 11.6. The van der Waals surface area contributed by atoms with Crippen molar-refractivity contribution in [2.45, 2.75) is 32.4 Å². The number of rotatable bonds is 6. The van der Waals surface area contributed by atoms with Crippen molar-refractivity contribution in [1.82, 2.24) is 4.57 Å². The zero-order valence-corrected chi connectivity index (χ0v) is 13.4. The molecule has 0 amide bonds. The Hall–Kier alpha value is -2.39. The summed E-state index contributed by atoms with van der Waals surface area (Å²) in [6, 6.07) is 20.7. The lowest BCUT2D eigenvalue weighted by molar-refractivity contribution is -0.119. The van der Waals surface area contributed by atoms with Crippen molar-refractivity contribution in [3.63, 3.8) is 0 Å². The van der Waals surface area contributed by atoms with Crippen LogP contribution in [-0.2, 0) is 4.79 Å². The van der Waals surface area contributed by atoms with E-state index in [1.807, 2.05) is 37.3 Å². The smallest absolute Gasteiger partial charge is 0.132 e. The van der Waals surface area contributed by atoms with Crippen molar-refractivity contribution < 1.29 is 4.79 Å². The highest BCUT2D eigenvalue weighted by Gasteiger charge is 2.16. The SMILES string of the molecule is CCC(=O)CCC(N)n1c(-c2ccccc2)cc2ccccc21. The molecule has 0 bridgehead atoms. The van der Waals surface area contributed by atoms with Gasteiger partial charge in [-0.05, 0) is 24.1 Å². The molecule has 23 heavy (non-hydrogen) atoms. The molecule has 3 heteroatoms. The number of aromatic nitrogens is 1. The second kappa shape index (κ2) is 6.80. The van der Waals surface area contributed by atoms with Crippen LogP contribution >= 0.6 is 0 Å². The molecule has 0 saturated heterocycles. The Morgan fingerprint density at radius 2 is 1.78 bits per heavy atom. The summed E-state index contributed by atoms with van der Waals surface area (Å²) in [6.45, 7) is 1.90. The molecule has 3 aromatic rings. The first kappa shape index (κ1) is 15.5. The van der Waals surface area contributed by atoms with Gasteiger partial charge in [-0.1, -0.05) is 55.5 Å². The predicted octanol–water partition coefficient (Wildman–Crippen LogP) is 4.52. The molecule has 0 aliphatic heterocycles. The molecule has 2 aromatic carbocycles. The third-order valence-corrected chi connectivity index (χ3v) is 4.26. The maximum atomic E-state index is 11.6. The normalized spacial score (nSPS) is 12.4. The van der Waals surface area contributed by atoms with E-state index in [0.29, 0.717) is 19.3 Å². The third kappa shape index (κ3) is 3.20. The number of carbonyl (C=O) groups is 1. The summed E-state index contributed by atoms with van der Waals surface area (Å²) in [5.74, 6) is 0.262. The summed E-state index contributed by atoms with van der Waals surface area (Å²) in [4.78, 5) is 11.6. The summed E-state index contributed by atoms with van der Waals surface area (Å²) in [6.07, 6.45) is 1.55. The molecule has 3 rings (SSSR count). The molecule has 2 N–H and O–H groups in total. The minimum Gasteiger partial charge on any atom is -0.324 e. The van der Waals surface area contributed by atoms with E-state index in [1.165, 1.54) is 5.39 Å². The average molecular weight is 306 g/mol. The number of carbonyl (C=O) groups excluding carboxylic acids is 1. The molecule has 118 valence electrons. The van der Waals surface area contributed by atoms with Gasteiger partial charge in [0.2, 0.25) is 0 Å². The van der Waals surface area contributed by atoms with Crippen LogP contribution in [0.25, 0.3) is 22.2 Å². The zero-order chi connectivity index (χ0) is 16.2. The fourth-order valence-electron chi connectivity index (χ4n) is 2.98. The van der Waals surface area contributed by atoms with E-state index in [1.54, 1.807) is 0 Å². The average Bonchev–Trinajstić information content (AvgIpc) is 2.99. The summed E-state index contributed by atoms with van der Waals surface area (Å²) >= 11 is 0. The van der Waals surface area contributed by atoms with Gasteiger partial charge in [-0.2, -0.15) is 0 Å². The van der Waals surface area contributed by atoms with Gasteiger partial charge < -0.3 is 10.3 Å². The Labute approximate surface area is 136 Å². The van der Waals surface area contributed by atoms with E-state index >= 15 is 0 Å². The number of Topliss-reactive ketones (excluding diaryl/α,β-unsaturated/α-hetero) is 1. The van der Waals surface area contributed by atoms with Crippen molar-refractivity contribution in [2.75, 3.05) is 0 Å². The molecule has 0 spiro atoms. The van der Waals surface area contributed by atoms with Crippen LogP contribution in [0.3, 0.4) is 0 Å². The van der Waals surface area contributed by atoms with Gasteiger partial charge in [-0.15, -0.1) is 0 Å². The van der Waals surface area contributed by atoms with E-state index in [9.17, 15) is 4.79 Å². The lowest BCUT2D eigenvalue weighted by Gasteiger charge is -2.19. The Balaban J connectivity index is 2.04. The van der Waals surface area contributed by atoms with Gasteiger partial charge in [0.05, 0.1) is 11.9 Å². The Bertz CT molecular complexity index is 805. The number of benzene rings is 2. The van der Waals surface area contributed by atoms with Crippen LogP contribution in [0.4, 0.5) is 0 Å². The standard InChI is InChI=1S/C20H22N2O/c1-2-17(23)12-13-20(21)22-18-11-7-6-10-16(18)14-19(22)15-8-4-3-5-9-15/h3-11,14,20H,2,12-13,21H2,1H3. The molecule has 3 nitrogen and oxygen atoms in total. The highest BCUT2D eigenvalue weighted by molar-refractivity contribution is 5.87. The summed E-state index contributed by atoms with van der Waals surface area (Å²) < 4.78 is 2.16. The Morgan fingerprint density at radius 3 is 2.52 bits per heavy atom. The Kier molecular flexibility index (Phi) is 4.58. The molecule has 1 atom stereocenters. The van der Waals surface area contributed by atoms with Gasteiger partial charge in [0.25, 0.3) is 0 Å². The molecule has 1 aromatic heterocycles. The highest BCUT2D eigenvalue weighted by atomic mass is 16.1. The second-order valence-corrected chi connectivity index (χ2v) is 5.82. The van der Waals surface area contributed by atoms with E-state index in [4.69, 9.17) is 5.73 Å². The van der Waals surface area contributed by atoms with Crippen LogP contribution in [-0.4, -0.2) is 10.4 Å². The topological polar surface area (TPSA) is 48.0 Å². The van der Waals surface area contributed by atoms with Crippen LogP contribution in [0.1, 0.15) is 32.4 Å². The number of hydrogen-bond acceptors (Lipinski definition) is 2. The van der Waals surface area contributed by atoms with Crippen LogP contribution in [0.15, 0.2) is 60.7 Å². The summed E-state index contributed by atoms with van der Waals surface area (Å²) in [5.41, 5.74) is 9.81. The van der Waals surface area contributed by atoms with E-state index in [-0.39, 0.29) is 11.9 Å². The number of ketones is 1. The monoisotopic (exact) mass is 306 g/mol. The molecule has 0 radical (unpaired) electrons. The lowest BCUT2D eigenvalue weighted by atomic mass is 10.1. The molecule has 0 aliphatic rings. The van der Waals surface area contributed by atoms with Crippen molar-refractivity contribution >= 4 is 16.7 Å². The van der Waals surface area contributed by atoms with E-state index in [2.05, 4.69) is 34.9 Å². The van der Waals surface area contributed by atoms with Gasteiger partial charge in [0.15, 0.2) is 0 Å². The number of nitrogens with zero attached hydrogens (tertiary/aromatic N) is 1. The van der Waals surface area contributed by atoms with Crippen LogP contribution in [0, 0.1) is 0 Å². The minimum absolute atomic E-state index is 0.208. The van der Waals surface area contributed by atoms with Gasteiger partial charge in [-0.3, -0.25) is 4.79 Å². The fourth-order valence-corrected chi connectivity index (χ4v) is 2.98. The van der Waals surface area contributed by atoms with Gasteiger partial charge in [0.1, 0.15) is 5.78 Å². The molecule has 1 unspecified atom stereocenters. The van der Waals surface area contributed by atoms with Gasteiger partial charge in [0, 0.05) is 23.7 Å². The second-order valence-electron chi connectivity index (χ2n) is 5.82. The first-order valence-corrected chi connectivity index (χ1v) is 8.13. The highest BCUT2D eigenvalue weighted by Crippen LogP contribution is 2.31. The van der Waals surface area contributed by atoms with E-state index in [0.717, 1.165) is 16.8 Å². The fraction of sp³-hybridized carbons (Fsp3) is 0.250. The number of fused-ring (bicyclic) bond motifs is 1. The first-order valence-electron chi connectivity index (χ1n) is 8.13. The first-order chi connectivity index (χ1) is 11.2. The molecule has 0 aliphatic carbocycles.